The number of guanidine groups is 1. The van der Waals surface area contributed by atoms with E-state index in [0.717, 1.165) is 23.6 Å². The van der Waals surface area contributed by atoms with Gasteiger partial charge in [0.15, 0.2) is 17.5 Å². The Balaban J connectivity index is 1.76. The number of hydrogen-bond acceptors (Lipinski definition) is 4. The van der Waals surface area contributed by atoms with E-state index in [1.165, 1.54) is 19.2 Å². The highest BCUT2D eigenvalue weighted by molar-refractivity contribution is 5.80. The normalized spacial score (nSPS) is 19.9. The number of aliphatic imine (C=N–C) groups is 1. The van der Waals surface area contributed by atoms with Gasteiger partial charge in [0.2, 0.25) is 0 Å². The van der Waals surface area contributed by atoms with Crippen molar-refractivity contribution in [1.29, 1.82) is 0 Å². The topological polar surface area (TPSA) is 66.3 Å². The Morgan fingerprint density at radius 2 is 2.03 bits per heavy atom. The summed E-state index contributed by atoms with van der Waals surface area (Å²) in [6.07, 6.45) is -0.152. The van der Waals surface area contributed by atoms with Gasteiger partial charge >= 0.3 is 0 Å². The largest absolute Gasteiger partial charge is 0.504 e. The fraction of sp³-hybridized carbons (Fsp3) is 0.409. The average molecular weight is 401 g/mol. The van der Waals surface area contributed by atoms with Gasteiger partial charge in [0.05, 0.1) is 26.3 Å². The van der Waals surface area contributed by atoms with Crippen LogP contribution in [0.15, 0.2) is 47.5 Å². The van der Waals surface area contributed by atoms with E-state index in [9.17, 15) is 9.50 Å². The van der Waals surface area contributed by atoms with Crippen LogP contribution >= 0.6 is 0 Å². The fourth-order valence-corrected chi connectivity index (χ4v) is 3.41. The molecule has 156 valence electrons. The molecule has 0 radical (unpaired) electrons. The maximum Gasteiger partial charge on any atom is 0.194 e. The number of nitrogens with one attached hydrogen (secondary N) is 1. The van der Waals surface area contributed by atoms with E-state index in [-0.39, 0.29) is 23.8 Å². The summed E-state index contributed by atoms with van der Waals surface area (Å²) in [7, 11) is 1.52. The Hall–Kier alpha value is -2.80. The first-order chi connectivity index (χ1) is 14.0. The zero-order valence-corrected chi connectivity index (χ0v) is 17.1. The molecular weight excluding hydrogens is 373 g/mol. The molecule has 7 heteroatoms. The summed E-state index contributed by atoms with van der Waals surface area (Å²) < 4.78 is 24.4. The summed E-state index contributed by atoms with van der Waals surface area (Å²) in [4.78, 5) is 6.91. The molecule has 6 nitrogen and oxygen atoms in total. The second-order valence-corrected chi connectivity index (χ2v) is 7.07. The van der Waals surface area contributed by atoms with Crippen LogP contribution in [0.3, 0.4) is 0 Å². The number of halogens is 1. The Bertz CT molecular complexity index is 842. The van der Waals surface area contributed by atoms with E-state index in [0.29, 0.717) is 25.4 Å². The molecule has 2 atom stereocenters. The van der Waals surface area contributed by atoms with Gasteiger partial charge in [0, 0.05) is 13.1 Å². The lowest BCUT2D eigenvalue weighted by molar-refractivity contribution is -0.0605. The quantitative estimate of drug-likeness (QED) is 0.593. The molecule has 0 aromatic heterocycles. The highest BCUT2D eigenvalue weighted by atomic mass is 19.1. The molecule has 3 rings (SSSR count). The number of nitrogens with zero attached hydrogens (tertiary/aromatic N) is 2. The maximum absolute atomic E-state index is 13.3. The molecule has 1 fully saturated rings. The minimum absolute atomic E-state index is 0.00712. The second kappa shape index (κ2) is 9.60. The zero-order valence-electron chi connectivity index (χ0n) is 17.1. The van der Waals surface area contributed by atoms with Crippen LogP contribution in [0.25, 0.3) is 0 Å². The van der Waals surface area contributed by atoms with Gasteiger partial charge in [-0.05, 0) is 49.2 Å². The van der Waals surface area contributed by atoms with Gasteiger partial charge in [-0.2, -0.15) is 0 Å². The third kappa shape index (κ3) is 5.38. The lowest BCUT2D eigenvalue weighted by Gasteiger charge is -2.38. The molecule has 1 saturated heterocycles. The second-order valence-electron chi connectivity index (χ2n) is 7.07. The molecule has 0 spiro atoms. The molecule has 0 saturated carbocycles. The van der Waals surface area contributed by atoms with E-state index in [1.807, 2.05) is 19.9 Å². The molecule has 2 aromatic rings. The number of methoxy groups -OCH3 is 1. The van der Waals surface area contributed by atoms with Gasteiger partial charge in [-0.25, -0.2) is 9.38 Å². The van der Waals surface area contributed by atoms with Gasteiger partial charge in [-0.1, -0.05) is 18.2 Å². The lowest BCUT2D eigenvalue weighted by atomic mass is 10.1. The summed E-state index contributed by atoms with van der Waals surface area (Å²) in [6.45, 7) is 6.53. The predicted molar refractivity (Wildman–Crippen MR) is 111 cm³/mol. The van der Waals surface area contributed by atoms with Crippen LogP contribution in [0, 0.1) is 5.82 Å². The first-order valence-corrected chi connectivity index (χ1v) is 9.80. The number of aromatic hydroxyl groups is 1. The average Bonchev–Trinajstić information content (AvgIpc) is 2.71. The van der Waals surface area contributed by atoms with Crippen molar-refractivity contribution in [1.82, 2.24) is 10.2 Å². The monoisotopic (exact) mass is 401 g/mol. The summed E-state index contributed by atoms with van der Waals surface area (Å²) in [6, 6.07) is 11.7. The van der Waals surface area contributed by atoms with E-state index in [4.69, 9.17) is 14.5 Å². The third-order valence-electron chi connectivity index (χ3n) is 4.79. The van der Waals surface area contributed by atoms with Crippen LogP contribution in [-0.4, -0.2) is 48.8 Å². The molecule has 29 heavy (non-hydrogen) atoms. The van der Waals surface area contributed by atoms with Crippen LogP contribution in [0.2, 0.25) is 0 Å². The minimum Gasteiger partial charge on any atom is -0.504 e. The minimum atomic E-state index is -0.257. The van der Waals surface area contributed by atoms with Crippen molar-refractivity contribution in [2.45, 2.75) is 32.6 Å². The summed E-state index contributed by atoms with van der Waals surface area (Å²) in [5, 5.41) is 13.3. The first-order valence-electron chi connectivity index (χ1n) is 9.80. The van der Waals surface area contributed by atoms with Crippen LogP contribution in [0.1, 0.15) is 31.1 Å². The highest BCUT2D eigenvalue weighted by Crippen LogP contribution is 2.27. The number of morpholine rings is 1. The Labute approximate surface area is 171 Å². The van der Waals surface area contributed by atoms with Crippen molar-refractivity contribution in [3.05, 3.63) is 59.4 Å². The van der Waals surface area contributed by atoms with E-state index in [2.05, 4.69) is 10.2 Å². The Morgan fingerprint density at radius 3 is 2.69 bits per heavy atom. The van der Waals surface area contributed by atoms with Crippen molar-refractivity contribution in [2.24, 2.45) is 4.99 Å². The maximum atomic E-state index is 13.3. The molecule has 0 amide bonds. The van der Waals surface area contributed by atoms with E-state index in [1.54, 1.807) is 24.3 Å². The number of benzene rings is 2. The van der Waals surface area contributed by atoms with Crippen molar-refractivity contribution < 1.29 is 19.0 Å². The van der Waals surface area contributed by atoms with Crippen molar-refractivity contribution in [3.8, 4) is 11.5 Å². The van der Waals surface area contributed by atoms with E-state index >= 15 is 0 Å². The van der Waals surface area contributed by atoms with E-state index < -0.39 is 0 Å². The molecule has 2 unspecified atom stereocenters. The Kier molecular flexibility index (Phi) is 6.93. The fourth-order valence-electron chi connectivity index (χ4n) is 3.41. The first kappa shape index (κ1) is 20.9. The van der Waals surface area contributed by atoms with Crippen molar-refractivity contribution >= 4 is 5.96 Å². The Morgan fingerprint density at radius 1 is 1.28 bits per heavy atom. The van der Waals surface area contributed by atoms with Crippen LogP contribution in [0.5, 0.6) is 11.5 Å². The summed E-state index contributed by atoms with van der Waals surface area (Å²) >= 11 is 0. The summed E-state index contributed by atoms with van der Waals surface area (Å²) in [5.74, 6) is 1.06. The molecule has 1 heterocycles. The zero-order chi connectivity index (χ0) is 20.8. The smallest absolute Gasteiger partial charge is 0.194 e. The van der Waals surface area contributed by atoms with Crippen molar-refractivity contribution in [2.75, 3.05) is 26.7 Å². The van der Waals surface area contributed by atoms with Crippen LogP contribution in [-0.2, 0) is 11.3 Å². The van der Waals surface area contributed by atoms with Gasteiger partial charge in [-0.3, -0.25) is 0 Å². The molecule has 2 aromatic carbocycles. The predicted octanol–water partition coefficient (Wildman–Crippen LogP) is 3.47. The SMILES string of the molecule is CCNC(=NCc1ccc(OC)c(O)c1)N1CC(C)OC(c2ccc(F)cc2)C1. The van der Waals surface area contributed by atoms with Gasteiger partial charge < -0.3 is 24.8 Å². The van der Waals surface area contributed by atoms with Gasteiger partial charge in [0.25, 0.3) is 0 Å². The number of ether oxygens (including phenoxy) is 2. The molecular formula is C22H28FN3O3. The molecule has 1 aliphatic heterocycles. The van der Waals surface area contributed by atoms with Crippen LogP contribution in [0.4, 0.5) is 4.39 Å². The van der Waals surface area contributed by atoms with Crippen molar-refractivity contribution in [3.63, 3.8) is 0 Å². The molecule has 0 bridgehead atoms. The lowest BCUT2D eigenvalue weighted by Crippen LogP contribution is -2.50. The number of phenolic OH excluding ortho intramolecular Hbond substituents is 1. The molecule has 1 aliphatic rings. The number of hydrogen-bond donors (Lipinski definition) is 2. The number of rotatable bonds is 5. The standard InChI is InChI=1S/C22H28FN3O3/c1-4-24-22(25-12-16-5-10-20(28-3)19(27)11-16)26-13-15(2)29-21(14-26)17-6-8-18(23)9-7-17/h5-11,15,21,27H,4,12-14H2,1-3H3,(H,24,25). The van der Waals surface area contributed by atoms with Crippen LogP contribution < -0.4 is 10.1 Å². The van der Waals surface area contributed by atoms with Gasteiger partial charge in [0.1, 0.15) is 11.9 Å². The third-order valence-corrected chi connectivity index (χ3v) is 4.79. The molecule has 2 N–H and O–H groups in total. The summed E-state index contributed by atoms with van der Waals surface area (Å²) in [5.41, 5.74) is 1.83. The highest BCUT2D eigenvalue weighted by Gasteiger charge is 2.28. The van der Waals surface area contributed by atoms with Gasteiger partial charge in [-0.15, -0.1) is 0 Å². The number of phenols is 1. The molecule has 0 aliphatic carbocycles.